The fourth-order valence-corrected chi connectivity index (χ4v) is 2.74. The van der Waals surface area contributed by atoms with Gasteiger partial charge in [-0.15, -0.1) is 0 Å². The largest absolute Gasteiger partial charge is 0.506 e. The number of likely N-dealkylation sites (tertiary alicyclic amines) is 1. The molecule has 1 saturated heterocycles. The van der Waals surface area contributed by atoms with Crippen molar-refractivity contribution in [3.8, 4) is 5.75 Å². The molecule has 0 radical (unpaired) electrons. The number of rotatable bonds is 4. The first kappa shape index (κ1) is 15.8. The quantitative estimate of drug-likeness (QED) is 0.739. The van der Waals surface area contributed by atoms with Crippen molar-refractivity contribution in [2.45, 2.75) is 32.2 Å². The molecule has 0 unspecified atom stereocenters. The lowest BCUT2D eigenvalue weighted by molar-refractivity contribution is -0.121. The van der Waals surface area contributed by atoms with Crippen LogP contribution in [0.25, 0.3) is 0 Å². The fraction of sp³-hybridized carbons (Fsp3) is 0.562. The topological polar surface area (TPSA) is 78.6 Å². The molecular formula is C16H25N3O2. The van der Waals surface area contributed by atoms with Gasteiger partial charge in [-0.2, -0.15) is 0 Å². The SMILES string of the molecule is CC(C)(N)CN1CCC(C(=O)Nc2ccccc2O)CC1. The molecule has 1 aliphatic heterocycles. The van der Waals surface area contributed by atoms with Crippen LogP contribution in [0.5, 0.6) is 5.75 Å². The van der Waals surface area contributed by atoms with Gasteiger partial charge < -0.3 is 21.1 Å². The van der Waals surface area contributed by atoms with E-state index in [4.69, 9.17) is 5.73 Å². The highest BCUT2D eigenvalue weighted by Gasteiger charge is 2.27. The van der Waals surface area contributed by atoms with Crippen LogP contribution in [0.4, 0.5) is 5.69 Å². The van der Waals surface area contributed by atoms with Gasteiger partial charge in [0.2, 0.25) is 5.91 Å². The van der Waals surface area contributed by atoms with E-state index < -0.39 is 0 Å². The normalized spacial score (nSPS) is 17.7. The van der Waals surface area contributed by atoms with Crippen molar-refractivity contribution < 1.29 is 9.90 Å². The molecule has 4 N–H and O–H groups in total. The number of amides is 1. The lowest BCUT2D eigenvalue weighted by Gasteiger charge is -2.35. The van der Waals surface area contributed by atoms with E-state index in [-0.39, 0.29) is 23.1 Å². The molecule has 2 rings (SSSR count). The summed E-state index contributed by atoms with van der Waals surface area (Å²) in [7, 11) is 0. The minimum atomic E-state index is -0.203. The predicted octanol–water partition coefficient (Wildman–Crippen LogP) is 1.78. The Kier molecular flexibility index (Phi) is 4.85. The van der Waals surface area contributed by atoms with Gasteiger partial charge in [0.25, 0.3) is 0 Å². The Morgan fingerprint density at radius 2 is 2.00 bits per heavy atom. The summed E-state index contributed by atoms with van der Waals surface area (Å²) < 4.78 is 0. The van der Waals surface area contributed by atoms with E-state index in [1.807, 2.05) is 13.8 Å². The fourth-order valence-electron chi connectivity index (χ4n) is 2.74. The Morgan fingerprint density at radius 3 is 2.57 bits per heavy atom. The molecule has 0 saturated carbocycles. The van der Waals surface area contributed by atoms with Gasteiger partial charge in [-0.3, -0.25) is 4.79 Å². The zero-order valence-electron chi connectivity index (χ0n) is 12.8. The molecule has 5 heteroatoms. The third kappa shape index (κ3) is 4.72. The number of hydrogen-bond donors (Lipinski definition) is 3. The van der Waals surface area contributed by atoms with Crippen LogP contribution in [0.2, 0.25) is 0 Å². The number of carbonyl (C=O) groups is 1. The number of anilines is 1. The molecule has 5 nitrogen and oxygen atoms in total. The standard InChI is InChI=1S/C16H25N3O2/c1-16(2,17)11-19-9-7-12(8-10-19)15(21)18-13-5-3-4-6-14(13)20/h3-6,12,20H,7-11,17H2,1-2H3,(H,18,21). The second kappa shape index (κ2) is 6.45. The van der Waals surface area contributed by atoms with Crippen LogP contribution in [-0.4, -0.2) is 41.1 Å². The molecule has 1 fully saturated rings. The second-order valence-corrected chi connectivity index (χ2v) is 6.55. The van der Waals surface area contributed by atoms with Crippen LogP contribution >= 0.6 is 0 Å². The van der Waals surface area contributed by atoms with E-state index >= 15 is 0 Å². The van der Waals surface area contributed by atoms with Gasteiger partial charge in [0, 0.05) is 18.0 Å². The molecular weight excluding hydrogens is 266 g/mol. The summed E-state index contributed by atoms with van der Waals surface area (Å²) in [5.74, 6) is 0.0954. The highest BCUT2D eigenvalue weighted by Crippen LogP contribution is 2.25. The summed E-state index contributed by atoms with van der Waals surface area (Å²) in [6.45, 7) is 6.66. The van der Waals surface area contributed by atoms with E-state index in [1.54, 1.807) is 24.3 Å². The number of phenolic OH excluding ortho intramolecular Hbond substituents is 1. The number of phenols is 1. The Balaban J connectivity index is 1.85. The van der Waals surface area contributed by atoms with Crippen LogP contribution in [0.1, 0.15) is 26.7 Å². The van der Waals surface area contributed by atoms with Crippen molar-refractivity contribution >= 4 is 11.6 Å². The Labute approximate surface area is 126 Å². The zero-order valence-corrected chi connectivity index (χ0v) is 12.8. The summed E-state index contributed by atoms with van der Waals surface area (Å²) in [6.07, 6.45) is 1.66. The predicted molar refractivity (Wildman–Crippen MR) is 84.2 cm³/mol. The van der Waals surface area contributed by atoms with Crippen molar-refractivity contribution in [2.24, 2.45) is 11.7 Å². The maximum Gasteiger partial charge on any atom is 0.227 e. The van der Waals surface area contributed by atoms with E-state index in [0.717, 1.165) is 32.5 Å². The van der Waals surface area contributed by atoms with Crippen LogP contribution in [0, 0.1) is 5.92 Å². The molecule has 0 aromatic heterocycles. The van der Waals surface area contributed by atoms with Gasteiger partial charge in [0.05, 0.1) is 5.69 Å². The maximum atomic E-state index is 12.2. The Hall–Kier alpha value is -1.59. The highest BCUT2D eigenvalue weighted by molar-refractivity contribution is 5.93. The molecule has 21 heavy (non-hydrogen) atoms. The minimum absolute atomic E-state index is 0.00161. The smallest absolute Gasteiger partial charge is 0.227 e. The number of carbonyl (C=O) groups excluding carboxylic acids is 1. The van der Waals surface area contributed by atoms with Crippen LogP contribution in [-0.2, 0) is 4.79 Å². The molecule has 0 aliphatic carbocycles. The number of nitrogens with zero attached hydrogens (tertiary/aromatic N) is 1. The van der Waals surface area contributed by atoms with E-state index in [2.05, 4.69) is 10.2 Å². The van der Waals surface area contributed by atoms with Crippen molar-refractivity contribution in [1.82, 2.24) is 4.90 Å². The number of aromatic hydroxyl groups is 1. The summed E-state index contributed by atoms with van der Waals surface area (Å²) in [5.41, 5.74) is 6.31. The lowest BCUT2D eigenvalue weighted by atomic mass is 9.94. The van der Waals surface area contributed by atoms with E-state index in [1.165, 1.54) is 0 Å². The molecule has 1 amide bonds. The Bertz CT molecular complexity index is 489. The molecule has 0 atom stereocenters. The number of piperidine rings is 1. The number of nitrogens with one attached hydrogen (secondary N) is 1. The average Bonchev–Trinajstić information content (AvgIpc) is 2.40. The Morgan fingerprint density at radius 1 is 1.38 bits per heavy atom. The van der Waals surface area contributed by atoms with E-state index in [9.17, 15) is 9.90 Å². The van der Waals surface area contributed by atoms with Crippen molar-refractivity contribution in [3.63, 3.8) is 0 Å². The summed E-state index contributed by atoms with van der Waals surface area (Å²) >= 11 is 0. The second-order valence-electron chi connectivity index (χ2n) is 6.55. The molecule has 1 aliphatic rings. The third-order valence-electron chi connectivity index (χ3n) is 3.75. The van der Waals surface area contributed by atoms with Crippen molar-refractivity contribution in [1.29, 1.82) is 0 Å². The lowest BCUT2D eigenvalue weighted by Crippen LogP contribution is -2.48. The van der Waals surface area contributed by atoms with Crippen molar-refractivity contribution in [3.05, 3.63) is 24.3 Å². The number of nitrogens with two attached hydrogens (primary N) is 1. The summed E-state index contributed by atoms with van der Waals surface area (Å²) in [4.78, 5) is 14.6. The van der Waals surface area contributed by atoms with Crippen molar-refractivity contribution in [2.75, 3.05) is 25.0 Å². The van der Waals surface area contributed by atoms with Gasteiger partial charge in [0.15, 0.2) is 0 Å². The zero-order chi connectivity index (χ0) is 15.5. The average molecular weight is 291 g/mol. The third-order valence-corrected chi connectivity index (χ3v) is 3.75. The summed E-state index contributed by atoms with van der Waals surface area (Å²) in [5, 5.41) is 12.5. The molecule has 1 aromatic rings. The summed E-state index contributed by atoms with van der Waals surface area (Å²) in [6, 6.07) is 6.81. The van der Waals surface area contributed by atoms with Gasteiger partial charge >= 0.3 is 0 Å². The number of para-hydroxylation sites is 2. The first-order valence-corrected chi connectivity index (χ1v) is 7.45. The molecule has 1 aromatic carbocycles. The molecule has 0 spiro atoms. The van der Waals surface area contributed by atoms with E-state index in [0.29, 0.717) is 5.69 Å². The first-order chi connectivity index (χ1) is 9.85. The van der Waals surface area contributed by atoms with Crippen LogP contribution in [0.3, 0.4) is 0 Å². The molecule has 0 bridgehead atoms. The minimum Gasteiger partial charge on any atom is -0.506 e. The van der Waals surface area contributed by atoms with Crippen LogP contribution in [0.15, 0.2) is 24.3 Å². The maximum absolute atomic E-state index is 12.2. The molecule has 1 heterocycles. The number of benzene rings is 1. The van der Waals surface area contributed by atoms with Gasteiger partial charge in [-0.1, -0.05) is 12.1 Å². The van der Waals surface area contributed by atoms with Gasteiger partial charge in [0.1, 0.15) is 5.75 Å². The van der Waals surface area contributed by atoms with Gasteiger partial charge in [-0.05, 0) is 51.9 Å². The number of hydrogen-bond acceptors (Lipinski definition) is 4. The first-order valence-electron chi connectivity index (χ1n) is 7.45. The monoisotopic (exact) mass is 291 g/mol. The van der Waals surface area contributed by atoms with Gasteiger partial charge in [-0.25, -0.2) is 0 Å². The van der Waals surface area contributed by atoms with Crippen LogP contribution < -0.4 is 11.1 Å². The molecule has 116 valence electrons. The highest BCUT2D eigenvalue weighted by atomic mass is 16.3.